The molecule has 1 aliphatic heterocycles. The van der Waals surface area contributed by atoms with Gasteiger partial charge in [0.25, 0.3) is 0 Å². The van der Waals surface area contributed by atoms with Crippen molar-refractivity contribution in [2.75, 3.05) is 13.7 Å². The topological polar surface area (TPSA) is 51.5 Å². The van der Waals surface area contributed by atoms with Crippen LogP contribution < -0.4 is 4.74 Å². The van der Waals surface area contributed by atoms with Gasteiger partial charge < -0.3 is 9.30 Å². The number of aromatic nitrogens is 1. The number of hydrogen-bond acceptors (Lipinski definition) is 3. The van der Waals surface area contributed by atoms with E-state index in [1.54, 1.807) is 35.7 Å². The maximum Gasteiger partial charge on any atom is 0.244 e. The summed E-state index contributed by atoms with van der Waals surface area (Å²) in [6, 6.07) is 17.9. The number of halogens is 1. The number of rotatable bonds is 4. The second kappa shape index (κ2) is 7.14. The molecule has 2 aromatic carbocycles. The summed E-state index contributed by atoms with van der Waals surface area (Å²) in [6.07, 6.45) is 2.00. The molecule has 0 radical (unpaired) electrons. The van der Waals surface area contributed by atoms with Gasteiger partial charge in [-0.2, -0.15) is 4.31 Å². The first-order chi connectivity index (χ1) is 13.0. The number of sulfonamides is 1. The van der Waals surface area contributed by atoms with Gasteiger partial charge in [-0.25, -0.2) is 8.42 Å². The minimum absolute atomic E-state index is 0.269. The van der Waals surface area contributed by atoms with Gasteiger partial charge >= 0.3 is 0 Å². The predicted molar refractivity (Wildman–Crippen MR) is 107 cm³/mol. The smallest absolute Gasteiger partial charge is 0.244 e. The quantitative estimate of drug-likeness (QED) is 0.607. The van der Waals surface area contributed by atoms with E-state index in [1.165, 1.54) is 0 Å². The number of nitrogens with zero attached hydrogens (tertiary/aromatic N) is 2. The molecule has 2 heterocycles. The van der Waals surface area contributed by atoms with Crippen LogP contribution in [0.15, 0.2) is 76.2 Å². The normalized spacial score (nSPS) is 17.5. The molecule has 140 valence electrons. The van der Waals surface area contributed by atoms with Crippen molar-refractivity contribution >= 4 is 26.0 Å². The van der Waals surface area contributed by atoms with E-state index in [0.717, 1.165) is 15.7 Å². The predicted octanol–water partition coefficient (Wildman–Crippen LogP) is 4.05. The molecule has 4 rings (SSSR count). The standard InChI is InChI=1S/C20H19BrN2O3S/c1-26-17-8-10-18(11-9-17)27(24,25)23-14-13-22-12-2-3-19(22)20(23)15-4-6-16(21)7-5-15/h2-12,20H,13-14H2,1H3/t20-/m1/s1. The molecular formula is C20H19BrN2O3S. The maximum atomic E-state index is 13.4. The van der Waals surface area contributed by atoms with Crippen LogP contribution in [-0.2, 0) is 16.6 Å². The summed E-state index contributed by atoms with van der Waals surface area (Å²) in [4.78, 5) is 0.269. The summed E-state index contributed by atoms with van der Waals surface area (Å²) in [7, 11) is -2.10. The second-order valence-electron chi connectivity index (χ2n) is 6.37. The molecule has 27 heavy (non-hydrogen) atoms. The van der Waals surface area contributed by atoms with Crippen molar-refractivity contribution in [3.8, 4) is 5.75 Å². The Morgan fingerprint density at radius 3 is 2.37 bits per heavy atom. The third-order valence-electron chi connectivity index (χ3n) is 4.85. The Hall–Kier alpha value is -2.09. The molecule has 7 heteroatoms. The van der Waals surface area contributed by atoms with Crippen molar-refractivity contribution in [1.82, 2.24) is 8.87 Å². The molecule has 3 aromatic rings. The van der Waals surface area contributed by atoms with Crippen molar-refractivity contribution in [3.63, 3.8) is 0 Å². The van der Waals surface area contributed by atoms with Crippen LogP contribution in [0.5, 0.6) is 5.75 Å². The van der Waals surface area contributed by atoms with Crippen LogP contribution in [0, 0.1) is 0 Å². The first-order valence-corrected chi connectivity index (χ1v) is 10.8. The van der Waals surface area contributed by atoms with Gasteiger partial charge in [0.1, 0.15) is 5.75 Å². The SMILES string of the molecule is COc1ccc(S(=O)(=O)N2CCn3cccc3[C@H]2c2ccc(Br)cc2)cc1. The average Bonchev–Trinajstić information content (AvgIpc) is 3.17. The van der Waals surface area contributed by atoms with Gasteiger partial charge in [0.05, 0.1) is 18.0 Å². The number of ether oxygens (including phenoxy) is 1. The van der Waals surface area contributed by atoms with Gasteiger partial charge in [-0.3, -0.25) is 0 Å². The van der Waals surface area contributed by atoms with Crippen LogP contribution in [0.1, 0.15) is 17.3 Å². The van der Waals surface area contributed by atoms with Crippen LogP contribution >= 0.6 is 15.9 Å². The summed E-state index contributed by atoms with van der Waals surface area (Å²) >= 11 is 3.45. The number of fused-ring (bicyclic) bond motifs is 1. The Labute approximate surface area is 167 Å². The molecule has 0 saturated heterocycles. The second-order valence-corrected chi connectivity index (χ2v) is 9.18. The largest absolute Gasteiger partial charge is 0.497 e. The highest BCUT2D eigenvalue weighted by molar-refractivity contribution is 9.10. The zero-order valence-electron chi connectivity index (χ0n) is 14.7. The highest BCUT2D eigenvalue weighted by Gasteiger charge is 2.37. The Morgan fingerprint density at radius 2 is 1.70 bits per heavy atom. The average molecular weight is 447 g/mol. The van der Waals surface area contributed by atoms with Gasteiger partial charge in [-0.05, 0) is 54.1 Å². The summed E-state index contributed by atoms with van der Waals surface area (Å²) in [5, 5.41) is 0. The van der Waals surface area contributed by atoms with Crippen LogP contribution in [0.3, 0.4) is 0 Å². The fraction of sp³-hybridized carbons (Fsp3) is 0.200. The first-order valence-electron chi connectivity index (χ1n) is 8.57. The van der Waals surface area contributed by atoms with Crippen molar-refractivity contribution < 1.29 is 13.2 Å². The van der Waals surface area contributed by atoms with E-state index >= 15 is 0 Å². The van der Waals surface area contributed by atoms with E-state index in [0.29, 0.717) is 18.8 Å². The van der Waals surface area contributed by atoms with Gasteiger partial charge in [-0.15, -0.1) is 0 Å². The first kappa shape index (κ1) is 18.3. The van der Waals surface area contributed by atoms with Crippen LogP contribution in [0.25, 0.3) is 0 Å². The monoisotopic (exact) mass is 446 g/mol. The zero-order valence-corrected chi connectivity index (χ0v) is 17.2. The molecule has 0 unspecified atom stereocenters. The molecule has 1 aromatic heterocycles. The highest BCUT2D eigenvalue weighted by Crippen LogP contribution is 2.37. The molecule has 0 spiro atoms. The van der Waals surface area contributed by atoms with Gasteiger partial charge in [0.2, 0.25) is 10.0 Å². The molecule has 0 fully saturated rings. The summed E-state index contributed by atoms with van der Waals surface area (Å²) in [5.74, 6) is 0.630. The minimum Gasteiger partial charge on any atom is -0.497 e. The maximum absolute atomic E-state index is 13.4. The van der Waals surface area contributed by atoms with Crippen LogP contribution in [-0.4, -0.2) is 30.9 Å². The van der Waals surface area contributed by atoms with Crippen LogP contribution in [0.2, 0.25) is 0 Å². The third kappa shape index (κ3) is 3.31. The summed E-state index contributed by atoms with van der Waals surface area (Å²) in [6.45, 7) is 1.04. The molecule has 1 atom stereocenters. The molecule has 0 aliphatic carbocycles. The lowest BCUT2D eigenvalue weighted by Crippen LogP contribution is -2.42. The third-order valence-corrected chi connectivity index (χ3v) is 7.25. The lowest BCUT2D eigenvalue weighted by Gasteiger charge is -2.36. The molecule has 1 aliphatic rings. The molecule has 0 N–H and O–H groups in total. The van der Waals surface area contributed by atoms with Gasteiger partial charge in [0.15, 0.2) is 0 Å². The number of hydrogen-bond donors (Lipinski definition) is 0. The Morgan fingerprint density at radius 1 is 1.00 bits per heavy atom. The Kier molecular flexibility index (Phi) is 4.84. The van der Waals surface area contributed by atoms with Gasteiger partial charge in [0, 0.05) is 29.5 Å². The molecular weight excluding hydrogens is 428 g/mol. The lowest BCUT2D eigenvalue weighted by molar-refractivity contribution is 0.298. The number of methoxy groups -OCH3 is 1. The summed E-state index contributed by atoms with van der Waals surface area (Å²) < 4.78 is 36.7. The highest BCUT2D eigenvalue weighted by atomic mass is 79.9. The van der Waals surface area contributed by atoms with E-state index in [4.69, 9.17) is 4.74 Å². The zero-order chi connectivity index (χ0) is 19.0. The molecule has 0 saturated carbocycles. The lowest BCUT2D eigenvalue weighted by atomic mass is 10.0. The van der Waals surface area contributed by atoms with Crippen molar-refractivity contribution in [2.45, 2.75) is 17.5 Å². The molecule has 5 nitrogen and oxygen atoms in total. The number of benzene rings is 2. The van der Waals surface area contributed by atoms with Crippen molar-refractivity contribution in [3.05, 3.63) is 82.6 Å². The van der Waals surface area contributed by atoms with E-state index in [1.807, 2.05) is 42.6 Å². The van der Waals surface area contributed by atoms with Gasteiger partial charge in [-0.1, -0.05) is 28.1 Å². The van der Waals surface area contributed by atoms with Crippen molar-refractivity contribution in [1.29, 1.82) is 0 Å². The fourth-order valence-corrected chi connectivity index (χ4v) is 5.33. The van der Waals surface area contributed by atoms with Crippen molar-refractivity contribution in [2.24, 2.45) is 0 Å². The minimum atomic E-state index is -3.66. The summed E-state index contributed by atoms with van der Waals surface area (Å²) in [5.41, 5.74) is 1.91. The molecule has 0 bridgehead atoms. The van der Waals surface area contributed by atoms with E-state index in [2.05, 4.69) is 20.5 Å². The van der Waals surface area contributed by atoms with E-state index < -0.39 is 10.0 Å². The van der Waals surface area contributed by atoms with Crippen LogP contribution in [0.4, 0.5) is 0 Å². The van der Waals surface area contributed by atoms with E-state index in [9.17, 15) is 8.42 Å². The fourth-order valence-electron chi connectivity index (χ4n) is 3.49. The Balaban J connectivity index is 1.80. The van der Waals surface area contributed by atoms with E-state index in [-0.39, 0.29) is 10.9 Å². The Bertz CT molecular complexity index is 1040. The molecule has 0 amide bonds.